The number of aliphatic hydroxyl groups is 1. The maximum absolute atomic E-state index is 9.15. The van der Waals surface area contributed by atoms with E-state index in [4.69, 9.17) is 28.9 Å². The van der Waals surface area contributed by atoms with E-state index in [1.165, 1.54) is 0 Å². The second-order valence-electron chi connectivity index (χ2n) is 3.03. The molecule has 0 aliphatic carbocycles. The van der Waals surface area contributed by atoms with Crippen molar-refractivity contribution in [3.05, 3.63) is 38.3 Å². The normalized spacial score (nSPS) is 10.7. The number of hydrogen-bond donors (Lipinski definition) is 2. The van der Waals surface area contributed by atoms with Gasteiger partial charge in [0.1, 0.15) is 6.61 Å². The second-order valence-corrected chi connectivity index (χ2v) is 4.74. The minimum Gasteiger partial charge on any atom is -0.388 e. The molecular weight excluding hydrogens is 314 g/mol. The molecule has 84 valence electrons. The molecule has 0 spiro atoms. The van der Waals surface area contributed by atoms with Crippen molar-refractivity contribution in [2.24, 2.45) is 0 Å². The molecule has 2 N–H and O–H groups in total. The molecule has 0 bridgehead atoms. The highest BCUT2D eigenvalue weighted by Gasteiger charge is 2.10. The molecule has 1 aromatic heterocycles. The Bertz CT molecular complexity index is 580. The van der Waals surface area contributed by atoms with E-state index in [0.29, 0.717) is 21.3 Å². The maximum atomic E-state index is 9.15. The molecule has 7 heteroatoms. The summed E-state index contributed by atoms with van der Waals surface area (Å²) in [5.41, 5.74) is 0.679. The van der Waals surface area contributed by atoms with Gasteiger partial charge in [0, 0.05) is 4.47 Å². The van der Waals surface area contributed by atoms with Crippen LogP contribution in [-0.4, -0.2) is 19.9 Å². The number of halogens is 2. The van der Waals surface area contributed by atoms with Crippen LogP contribution in [0.15, 0.2) is 22.7 Å². The molecule has 0 unspecified atom stereocenters. The zero-order chi connectivity index (χ0) is 11.7. The van der Waals surface area contributed by atoms with Crippen LogP contribution in [0.2, 0.25) is 5.02 Å². The first kappa shape index (κ1) is 11.8. The number of hydrogen-bond acceptors (Lipinski definition) is 3. The predicted octanol–water partition coefficient (Wildman–Crippen LogP) is 2.84. The highest BCUT2D eigenvalue weighted by Crippen LogP contribution is 2.25. The third kappa shape index (κ3) is 2.06. The van der Waals surface area contributed by atoms with Gasteiger partial charge in [-0.25, -0.2) is 0 Å². The average molecular weight is 321 g/mol. The van der Waals surface area contributed by atoms with Gasteiger partial charge in [-0.15, -0.1) is 0 Å². The standard InChI is InChI=1S/C9H7BrClN3OS/c10-5-1-2-6(11)7(3-5)14-8(4-15)12-13-9(14)16/h1-3,15H,4H2,(H,13,16). The minimum atomic E-state index is -0.212. The van der Waals surface area contributed by atoms with E-state index < -0.39 is 0 Å². The SMILES string of the molecule is OCc1n[nH]c(=S)n1-c1cc(Br)ccc1Cl. The highest BCUT2D eigenvalue weighted by atomic mass is 79.9. The van der Waals surface area contributed by atoms with Crippen molar-refractivity contribution in [3.63, 3.8) is 0 Å². The lowest BCUT2D eigenvalue weighted by Gasteiger charge is -2.07. The monoisotopic (exact) mass is 319 g/mol. The number of aliphatic hydroxyl groups excluding tert-OH is 1. The van der Waals surface area contributed by atoms with Gasteiger partial charge < -0.3 is 5.11 Å². The quantitative estimate of drug-likeness (QED) is 0.837. The van der Waals surface area contributed by atoms with Crippen LogP contribution >= 0.6 is 39.7 Å². The summed E-state index contributed by atoms with van der Waals surface area (Å²) in [5, 5.41) is 16.2. The van der Waals surface area contributed by atoms with E-state index in [-0.39, 0.29) is 6.61 Å². The first-order valence-electron chi connectivity index (χ1n) is 4.36. The first-order chi connectivity index (χ1) is 7.63. The van der Waals surface area contributed by atoms with Crippen LogP contribution in [0.1, 0.15) is 5.82 Å². The highest BCUT2D eigenvalue weighted by molar-refractivity contribution is 9.10. The summed E-state index contributed by atoms with van der Waals surface area (Å²) in [6.45, 7) is -0.212. The number of nitrogens with zero attached hydrogens (tertiary/aromatic N) is 2. The number of rotatable bonds is 2. The summed E-state index contributed by atoms with van der Waals surface area (Å²) in [7, 11) is 0. The third-order valence-electron chi connectivity index (χ3n) is 2.03. The molecule has 0 radical (unpaired) electrons. The number of nitrogens with one attached hydrogen (secondary N) is 1. The van der Waals surface area contributed by atoms with Crippen molar-refractivity contribution in [1.29, 1.82) is 0 Å². The lowest BCUT2D eigenvalue weighted by Crippen LogP contribution is -2.02. The molecule has 4 nitrogen and oxygen atoms in total. The first-order valence-corrected chi connectivity index (χ1v) is 5.94. The zero-order valence-corrected chi connectivity index (χ0v) is 11.1. The molecule has 0 saturated carbocycles. The van der Waals surface area contributed by atoms with Crippen molar-refractivity contribution >= 4 is 39.7 Å². The molecule has 0 amide bonds. The van der Waals surface area contributed by atoms with Crippen LogP contribution in [0.5, 0.6) is 0 Å². The Labute approximate surface area is 110 Å². The Balaban J connectivity index is 2.71. The molecule has 0 aliphatic rings. The summed E-state index contributed by atoms with van der Waals surface area (Å²) in [5.74, 6) is 0.421. The van der Waals surface area contributed by atoms with Crippen molar-refractivity contribution in [2.75, 3.05) is 0 Å². The number of aromatic nitrogens is 3. The predicted molar refractivity (Wildman–Crippen MR) is 67.4 cm³/mol. The summed E-state index contributed by atoms with van der Waals surface area (Å²) in [4.78, 5) is 0. The van der Waals surface area contributed by atoms with Gasteiger partial charge in [0.15, 0.2) is 10.6 Å². The van der Waals surface area contributed by atoms with Gasteiger partial charge in [0.2, 0.25) is 0 Å². The fraction of sp³-hybridized carbons (Fsp3) is 0.111. The summed E-state index contributed by atoms with van der Waals surface area (Å²) in [6, 6.07) is 5.39. The smallest absolute Gasteiger partial charge is 0.199 e. The zero-order valence-electron chi connectivity index (χ0n) is 7.94. The third-order valence-corrected chi connectivity index (χ3v) is 3.12. The number of aromatic amines is 1. The maximum Gasteiger partial charge on any atom is 0.199 e. The largest absolute Gasteiger partial charge is 0.388 e. The molecule has 0 atom stereocenters. The molecule has 1 heterocycles. The Morgan fingerprint density at radius 1 is 1.56 bits per heavy atom. The summed E-state index contributed by atoms with van der Waals surface area (Å²) in [6.07, 6.45) is 0. The van der Waals surface area contributed by atoms with Crippen molar-refractivity contribution in [3.8, 4) is 5.69 Å². The van der Waals surface area contributed by atoms with Crippen molar-refractivity contribution in [2.45, 2.75) is 6.61 Å². The molecule has 0 aliphatic heterocycles. The van der Waals surface area contributed by atoms with Crippen molar-refractivity contribution in [1.82, 2.24) is 14.8 Å². The van der Waals surface area contributed by atoms with Gasteiger partial charge in [-0.05, 0) is 30.4 Å². The Kier molecular flexibility index (Phi) is 3.44. The average Bonchev–Trinajstić information content (AvgIpc) is 2.63. The van der Waals surface area contributed by atoms with Gasteiger partial charge in [-0.1, -0.05) is 27.5 Å². The Morgan fingerprint density at radius 3 is 3.00 bits per heavy atom. The van der Waals surface area contributed by atoms with Crippen LogP contribution in [0.3, 0.4) is 0 Å². The molecule has 0 saturated heterocycles. The number of benzene rings is 1. The molecule has 2 rings (SSSR count). The lowest BCUT2D eigenvalue weighted by atomic mass is 10.3. The van der Waals surface area contributed by atoms with E-state index in [2.05, 4.69) is 26.1 Å². The van der Waals surface area contributed by atoms with E-state index in [1.54, 1.807) is 10.6 Å². The van der Waals surface area contributed by atoms with Crippen LogP contribution in [0, 0.1) is 4.77 Å². The summed E-state index contributed by atoms with van der Waals surface area (Å²) >= 11 is 14.5. The topological polar surface area (TPSA) is 53.8 Å². The fourth-order valence-electron chi connectivity index (χ4n) is 1.34. The van der Waals surface area contributed by atoms with E-state index in [1.807, 2.05) is 12.1 Å². The lowest BCUT2D eigenvalue weighted by molar-refractivity contribution is 0.269. The fourth-order valence-corrected chi connectivity index (χ4v) is 2.14. The van der Waals surface area contributed by atoms with E-state index >= 15 is 0 Å². The van der Waals surface area contributed by atoms with E-state index in [0.717, 1.165) is 4.47 Å². The second kappa shape index (κ2) is 4.67. The van der Waals surface area contributed by atoms with Gasteiger partial charge >= 0.3 is 0 Å². The number of H-pyrrole nitrogens is 1. The van der Waals surface area contributed by atoms with Crippen LogP contribution in [-0.2, 0) is 6.61 Å². The summed E-state index contributed by atoms with van der Waals surface area (Å²) < 4.78 is 2.87. The molecule has 1 aromatic carbocycles. The minimum absolute atomic E-state index is 0.212. The van der Waals surface area contributed by atoms with Crippen molar-refractivity contribution < 1.29 is 5.11 Å². The molecular formula is C9H7BrClN3OS. The van der Waals surface area contributed by atoms with Crippen LogP contribution in [0.25, 0.3) is 5.69 Å². The van der Waals surface area contributed by atoms with Gasteiger partial charge in [0.25, 0.3) is 0 Å². The Hall–Kier alpha value is -0.690. The Morgan fingerprint density at radius 2 is 2.31 bits per heavy atom. The molecule has 0 fully saturated rings. The van der Waals surface area contributed by atoms with E-state index in [9.17, 15) is 0 Å². The van der Waals surface area contributed by atoms with Crippen LogP contribution < -0.4 is 0 Å². The van der Waals surface area contributed by atoms with Gasteiger partial charge in [0.05, 0.1) is 10.7 Å². The van der Waals surface area contributed by atoms with Gasteiger partial charge in [-0.2, -0.15) is 5.10 Å². The van der Waals surface area contributed by atoms with Crippen LogP contribution in [0.4, 0.5) is 0 Å². The van der Waals surface area contributed by atoms with Gasteiger partial charge in [-0.3, -0.25) is 9.67 Å². The molecule has 2 aromatic rings. The molecule has 16 heavy (non-hydrogen) atoms.